The summed E-state index contributed by atoms with van der Waals surface area (Å²) in [7, 11) is 1.69. The molecule has 1 N–H and O–H groups in total. The Morgan fingerprint density at radius 1 is 1.53 bits per heavy atom. The lowest BCUT2D eigenvalue weighted by Gasteiger charge is -2.38. The highest BCUT2D eigenvalue weighted by atomic mass is 16.5. The number of aliphatic carboxylic acids is 1. The van der Waals surface area contributed by atoms with Crippen molar-refractivity contribution in [3.8, 4) is 0 Å². The number of carboxylic acid groups (broad SMARTS) is 1. The van der Waals surface area contributed by atoms with E-state index >= 15 is 0 Å². The van der Waals surface area contributed by atoms with E-state index in [1.54, 1.807) is 7.11 Å². The van der Waals surface area contributed by atoms with Gasteiger partial charge >= 0.3 is 5.97 Å². The number of carboxylic acids is 1. The van der Waals surface area contributed by atoms with Crippen molar-refractivity contribution >= 4 is 5.97 Å². The van der Waals surface area contributed by atoms with Crippen LogP contribution in [0.4, 0.5) is 0 Å². The van der Waals surface area contributed by atoms with E-state index < -0.39 is 11.4 Å². The van der Waals surface area contributed by atoms with Gasteiger partial charge in [-0.05, 0) is 45.4 Å². The minimum Gasteiger partial charge on any atom is -0.481 e. The predicted octanol–water partition coefficient (Wildman–Crippen LogP) is 3.47. The third-order valence-electron chi connectivity index (χ3n) is 4.30. The van der Waals surface area contributed by atoms with Crippen molar-refractivity contribution in [2.45, 2.75) is 64.9 Å². The van der Waals surface area contributed by atoms with Gasteiger partial charge in [-0.25, -0.2) is 0 Å². The molecule has 0 aliphatic heterocycles. The highest BCUT2D eigenvalue weighted by molar-refractivity contribution is 5.74. The molecule has 1 rings (SSSR count). The van der Waals surface area contributed by atoms with E-state index in [9.17, 15) is 9.90 Å². The predicted molar refractivity (Wildman–Crippen MR) is 68.0 cm³/mol. The van der Waals surface area contributed by atoms with Crippen molar-refractivity contribution in [3.05, 3.63) is 0 Å². The van der Waals surface area contributed by atoms with Gasteiger partial charge in [-0.15, -0.1) is 0 Å². The van der Waals surface area contributed by atoms with Gasteiger partial charge in [-0.1, -0.05) is 19.8 Å². The van der Waals surface area contributed by atoms with Crippen molar-refractivity contribution in [3.63, 3.8) is 0 Å². The molecule has 0 aromatic carbocycles. The van der Waals surface area contributed by atoms with Gasteiger partial charge in [0.1, 0.15) is 0 Å². The van der Waals surface area contributed by atoms with Crippen molar-refractivity contribution in [1.82, 2.24) is 0 Å². The van der Waals surface area contributed by atoms with Gasteiger partial charge in [0.2, 0.25) is 0 Å². The summed E-state index contributed by atoms with van der Waals surface area (Å²) >= 11 is 0. The van der Waals surface area contributed by atoms with E-state index in [0.29, 0.717) is 5.92 Å². The Hall–Kier alpha value is -0.570. The summed E-state index contributed by atoms with van der Waals surface area (Å²) in [5.74, 6) is -0.0820. The second kappa shape index (κ2) is 5.38. The standard InChI is InChI=1S/C14H26O3/c1-11-6-5-7-14(10-11,12(15)16)9-8-13(2,3)17-4/h11H,5-10H2,1-4H3,(H,15,16). The first-order chi connectivity index (χ1) is 7.81. The molecule has 1 aliphatic carbocycles. The van der Waals surface area contributed by atoms with Crippen LogP contribution in [0.1, 0.15) is 59.3 Å². The molecular weight excluding hydrogens is 216 g/mol. The van der Waals surface area contributed by atoms with Crippen LogP contribution < -0.4 is 0 Å². The molecule has 1 saturated carbocycles. The van der Waals surface area contributed by atoms with Gasteiger partial charge in [0.15, 0.2) is 0 Å². The molecule has 1 fully saturated rings. The van der Waals surface area contributed by atoms with Crippen LogP contribution in [-0.4, -0.2) is 23.8 Å². The smallest absolute Gasteiger partial charge is 0.309 e. The van der Waals surface area contributed by atoms with Crippen LogP contribution in [0.15, 0.2) is 0 Å². The van der Waals surface area contributed by atoms with Crippen molar-refractivity contribution in [2.75, 3.05) is 7.11 Å². The van der Waals surface area contributed by atoms with Gasteiger partial charge in [0, 0.05) is 7.11 Å². The highest BCUT2D eigenvalue weighted by Gasteiger charge is 2.42. The van der Waals surface area contributed by atoms with Crippen LogP contribution in [0, 0.1) is 11.3 Å². The molecule has 0 spiro atoms. The van der Waals surface area contributed by atoms with E-state index in [0.717, 1.165) is 32.1 Å². The summed E-state index contributed by atoms with van der Waals surface area (Å²) in [6, 6.07) is 0. The molecule has 2 unspecified atom stereocenters. The third kappa shape index (κ3) is 3.70. The topological polar surface area (TPSA) is 46.5 Å². The van der Waals surface area contributed by atoms with Gasteiger partial charge in [-0.2, -0.15) is 0 Å². The number of ether oxygens (including phenoxy) is 1. The summed E-state index contributed by atoms with van der Waals surface area (Å²) in [6.07, 6.45) is 5.40. The van der Waals surface area contributed by atoms with E-state index in [1.807, 2.05) is 13.8 Å². The summed E-state index contributed by atoms with van der Waals surface area (Å²) in [5.41, 5.74) is -0.726. The molecule has 17 heavy (non-hydrogen) atoms. The number of hydrogen-bond acceptors (Lipinski definition) is 2. The van der Waals surface area contributed by atoms with E-state index in [2.05, 4.69) is 6.92 Å². The second-order valence-corrected chi connectivity index (χ2v) is 6.25. The van der Waals surface area contributed by atoms with Crippen LogP contribution in [0.5, 0.6) is 0 Å². The number of methoxy groups -OCH3 is 1. The summed E-state index contributed by atoms with van der Waals surface area (Å²) in [5, 5.41) is 9.54. The number of carbonyl (C=O) groups is 1. The molecule has 0 amide bonds. The van der Waals surface area contributed by atoms with Crippen LogP contribution in [0.3, 0.4) is 0 Å². The van der Waals surface area contributed by atoms with Gasteiger partial charge in [-0.3, -0.25) is 4.79 Å². The SMILES string of the molecule is COC(C)(C)CCC1(C(=O)O)CCCC(C)C1. The third-order valence-corrected chi connectivity index (χ3v) is 4.30. The molecule has 0 saturated heterocycles. The monoisotopic (exact) mass is 242 g/mol. The van der Waals surface area contributed by atoms with E-state index in [-0.39, 0.29) is 5.60 Å². The van der Waals surface area contributed by atoms with Crippen LogP contribution in [-0.2, 0) is 9.53 Å². The first-order valence-corrected chi connectivity index (χ1v) is 6.60. The largest absolute Gasteiger partial charge is 0.481 e. The fourth-order valence-corrected chi connectivity index (χ4v) is 2.83. The summed E-state index contributed by atoms with van der Waals surface area (Å²) in [6.45, 7) is 6.21. The molecule has 2 atom stereocenters. The molecule has 3 nitrogen and oxygen atoms in total. The van der Waals surface area contributed by atoms with Crippen LogP contribution in [0.2, 0.25) is 0 Å². The molecule has 0 aromatic rings. The maximum atomic E-state index is 11.6. The molecule has 0 radical (unpaired) electrons. The lowest BCUT2D eigenvalue weighted by Crippen LogP contribution is -2.38. The maximum Gasteiger partial charge on any atom is 0.309 e. The molecule has 1 aliphatic rings. The van der Waals surface area contributed by atoms with Crippen molar-refractivity contribution in [1.29, 1.82) is 0 Å². The first-order valence-electron chi connectivity index (χ1n) is 6.60. The summed E-state index contributed by atoms with van der Waals surface area (Å²) < 4.78 is 5.39. The molecule has 3 heteroatoms. The lowest BCUT2D eigenvalue weighted by molar-refractivity contribution is -0.153. The van der Waals surface area contributed by atoms with E-state index in [4.69, 9.17) is 4.74 Å². The number of rotatable bonds is 5. The minimum absolute atomic E-state index is 0.219. The van der Waals surface area contributed by atoms with Crippen LogP contribution >= 0.6 is 0 Å². The highest BCUT2D eigenvalue weighted by Crippen LogP contribution is 2.44. The molecule has 0 heterocycles. The molecule has 0 aromatic heterocycles. The zero-order chi connectivity index (χ0) is 13.1. The van der Waals surface area contributed by atoms with Gasteiger partial charge in [0.05, 0.1) is 11.0 Å². The van der Waals surface area contributed by atoms with Gasteiger partial charge in [0.25, 0.3) is 0 Å². The van der Waals surface area contributed by atoms with Crippen molar-refractivity contribution < 1.29 is 14.6 Å². The molecule has 0 bridgehead atoms. The van der Waals surface area contributed by atoms with Gasteiger partial charge < -0.3 is 9.84 Å². The Labute approximate surface area is 105 Å². The lowest BCUT2D eigenvalue weighted by atomic mass is 9.67. The average Bonchev–Trinajstić information content (AvgIpc) is 2.26. The van der Waals surface area contributed by atoms with Crippen LogP contribution in [0.25, 0.3) is 0 Å². The zero-order valence-corrected chi connectivity index (χ0v) is 11.6. The Morgan fingerprint density at radius 2 is 2.18 bits per heavy atom. The summed E-state index contributed by atoms with van der Waals surface area (Å²) in [4.78, 5) is 11.6. The molecule has 100 valence electrons. The fourth-order valence-electron chi connectivity index (χ4n) is 2.83. The number of hydrogen-bond donors (Lipinski definition) is 1. The Kier molecular flexibility index (Phi) is 4.59. The Balaban J connectivity index is 2.69. The quantitative estimate of drug-likeness (QED) is 0.803. The Bertz CT molecular complexity index is 273. The van der Waals surface area contributed by atoms with E-state index in [1.165, 1.54) is 6.42 Å². The second-order valence-electron chi connectivity index (χ2n) is 6.25. The zero-order valence-electron chi connectivity index (χ0n) is 11.6. The maximum absolute atomic E-state index is 11.6. The Morgan fingerprint density at radius 3 is 2.65 bits per heavy atom. The molecular formula is C14H26O3. The normalized spacial score (nSPS) is 30.2. The minimum atomic E-state index is -0.615. The fraction of sp³-hybridized carbons (Fsp3) is 0.929. The average molecular weight is 242 g/mol. The van der Waals surface area contributed by atoms with Crippen molar-refractivity contribution in [2.24, 2.45) is 11.3 Å². The first kappa shape index (κ1) is 14.5.